The van der Waals surface area contributed by atoms with Crippen LogP contribution in [-0.4, -0.2) is 18.4 Å². The number of benzene rings is 3. The normalized spacial score (nSPS) is 10.6. The molecule has 0 saturated heterocycles. The zero-order chi connectivity index (χ0) is 21.7. The van der Waals surface area contributed by atoms with Crippen LogP contribution < -0.4 is 10.6 Å². The molecule has 3 rings (SSSR count). The molecule has 2 N–H and O–H groups in total. The number of amides is 2. The SMILES string of the molecule is CCc1ccccc1N(CC)C(=O)c1ccc(Sc2c(C)cccc2C(N)=O)cc1. The molecule has 30 heavy (non-hydrogen) atoms. The lowest BCUT2D eigenvalue weighted by molar-refractivity contribution is 0.0983. The van der Waals surface area contributed by atoms with E-state index in [1.54, 1.807) is 6.07 Å². The Hall–Kier alpha value is -3.05. The Morgan fingerprint density at radius 2 is 1.63 bits per heavy atom. The molecule has 2 amide bonds. The van der Waals surface area contributed by atoms with Gasteiger partial charge in [0.15, 0.2) is 0 Å². The van der Waals surface area contributed by atoms with E-state index in [-0.39, 0.29) is 5.91 Å². The molecule has 4 nitrogen and oxygen atoms in total. The third-order valence-corrected chi connectivity index (χ3v) is 6.28. The van der Waals surface area contributed by atoms with Crippen molar-refractivity contribution in [1.29, 1.82) is 0 Å². The smallest absolute Gasteiger partial charge is 0.258 e. The second kappa shape index (κ2) is 9.63. The van der Waals surface area contributed by atoms with Crippen LogP contribution in [0.5, 0.6) is 0 Å². The molecule has 154 valence electrons. The largest absolute Gasteiger partial charge is 0.366 e. The number of nitrogens with two attached hydrogens (primary N) is 1. The van der Waals surface area contributed by atoms with Crippen LogP contribution in [0.1, 0.15) is 45.7 Å². The van der Waals surface area contributed by atoms with Gasteiger partial charge in [0.2, 0.25) is 5.91 Å². The second-order valence-electron chi connectivity index (χ2n) is 6.97. The Labute approximate surface area is 182 Å². The number of primary amides is 1. The number of anilines is 1. The minimum absolute atomic E-state index is 0.0244. The van der Waals surface area contributed by atoms with Gasteiger partial charge in [-0.3, -0.25) is 9.59 Å². The van der Waals surface area contributed by atoms with E-state index in [0.717, 1.165) is 33.0 Å². The molecule has 0 unspecified atom stereocenters. The van der Waals surface area contributed by atoms with E-state index >= 15 is 0 Å². The third-order valence-electron chi connectivity index (χ3n) is 5.02. The number of carbonyl (C=O) groups excluding carboxylic acids is 2. The maximum atomic E-state index is 13.2. The summed E-state index contributed by atoms with van der Waals surface area (Å²) >= 11 is 1.48. The summed E-state index contributed by atoms with van der Waals surface area (Å²) in [6, 6.07) is 21.0. The summed E-state index contributed by atoms with van der Waals surface area (Å²) in [7, 11) is 0. The van der Waals surface area contributed by atoms with Crippen molar-refractivity contribution < 1.29 is 9.59 Å². The van der Waals surface area contributed by atoms with Crippen molar-refractivity contribution in [3.63, 3.8) is 0 Å². The molecule has 3 aromatic rings. The molecule has 0 atom stereocenters. The van der Waals surface area contributed by atoms with Crippen molar-refractivity contribution in [1.82, 2.24) is 0 Å². The fraction of sp³-hybridized carbons (Fsp3) is 0.200. The molecule has 0 aliphatic rings. The van der Waals surface area contributed by atoms with E-state index in [4.69, 9.17) is 5.73 Å². The molecule has 0 bridgehead atoms. The van der Waals surface area contributed by atoms with Gasteiger partial charge in [-0.15, -0.1) is 0 Å². The van der Waals surface area contributed by atoms with Crippen LogP contribution in [0, 0.1) is 6.92 Å². The van der Waals surface area contributed by atoms with Gasteiger partial charge in [-0.2, -0.15) is 0 Å². The second-order valence-corrected chi connectivity index (χ2v) is 8.06. The number of carbonyl (C=O) groups is 2. The van der Waals surface area contributed by atoms with Crippen LogP contribution in [0.2, 0.25) is 0 Å². The van der Waals surface area contributed by atoms with Gasteiger partial charge < -0.3 is 10.6 Å². The predicted octanol–water partition coefficient (Wildman–Crippen LogP) is 5.47. The molecule has 3 aromatic carbocycles. The average Bonchev–Trinajstić information content (AvgIpc) is 2.76. The lowest BCUT2D eigenvalue weighted by atomic mass is 10.1. The maximum Gasteiger partial charge on any atom is 0.258 e. The minimum atomic E-state index is -0.443. The Morgan fingerprint density at radius 1 is 0.933 bits per heavy atom. The van der Waals surface area contributed by atoms with Crippen molar-refractivity contribution >= 4 is 29.3 Å². The lowest BCUT2D eigenvalue weighted by Gasteiger charge is -2.24. The van der Waals surface area contributed by atoms with E-state index in [1.165, 1.54) is 11.8 Å². The van der Waals surface area contributed by atoms with Gasteiger partial charge in [0, 0.05) is 27.6 Å². The molecule has 0 heterocycles. The van der Waals surface area contributed by atoms with Crippen molar-refractivity contribution in [2.45, 2.75) is 37.0 Å². The van der Waals surface area contributed by atoms with Crippen molar-refractivity contribution in [3.8, 4) is 0 Å². The predicted molar refractivity (Wildman–Crippen MR) is 123 cm³/mol. The molecular weight excluding hydrogens is 392 g/mol. The number of para-hydroxylation sites is 1. The molecule has 0 saturated carbocycles. The highest BCUT2D eigenvalue weighted by Gasteiger charge is 2.18. The van der Waals surface area contributed by atoms with Gasteiger partial charge in [0.1, 0.15) is 0 Å². The summed E-state index contributed by atoms with van der Waals surface area (Å²) in [5.41, 5.74) is 9.76. The van der Waals surface area contributed by atoms with E-state index < -0.39 is 5.91 Å². The Kier molecular flexibility index (Phi) is 6.95. The minimum Gasteiger partial charge on any atom is -0.366 e. The van der Waals surface area contributed by atoms with Crippen LogP contribution in [0.15, 0.2) is 76.5 Å². The molecule has 0 radical (unpaired) electrons. The zero-order valence-corrected chi connectivity index (χ0v) is 18.3. The highest BCUT2D eigenvalue weighted by Crippen LogP contribution is 2.33. The van der Waals surface area contributed by atoms with E-state index in [0.29, 0.717) is 17.7 Å². The topological polar surface area (TPSA) is 63.4 Å². The number of hydrogen-bond acceptors (Lipinski definition) is 3. The first-order valence-corrected chi connectivity index (χ1v) is 10.8. The van der Waals surface area contributed by atoms with Gasteiger partial charge in [0.05, 0.1) is 5.56 Å². The lowest BCUT2D eigenvalue weighted by Crippen LogP contribution is -2.31. The molecule has 0 spiro atoms. The van der Waals surface area contributed by atoms with Crippen LogP contribution in [0.25, 0.3) is 0 Å². The summed E-state index contributed by atoms with van der Waals surface area (Å²) in [5, 5.41) is 0. The van der Waals surface area contributed by atoms with E-state index in [1.807, 2.05) is 73.3 Å². The number of hydrogen-bond donors (Lipinski definition) is 1. The highest BCUT2D eigenvalue weighted by molar-refractivity contribution is 7.99. The summed E-state index contributed by atoms with van der Waals surface area (Å²) < 4.78 is 0. The van der Waals surface area contributed by atoms with Gasteiger partial charge in [-0.25, -0.2) is 0 Å². The fourth-order valence-electron chi connectivity index (χ4n) is 3.42. The molecule has 0 aliphatic carbocycles. The summed E-state index contributed by atoms with van der Waals surface area (Å²) in [6.07, 6.45) is 0.869. The first-order chi connectivity index (χ1) is 14.5. The zero-order valence-electron chi connectivity index (χ0n) is 17.5. The van der Waals surface area contributed by atoms with Crippen molar-refractivity contribution in [2.75, 3.05) is 11.4 Å². The van der Waals surface area contributed by atoms with Gasteiger partial charge in [-0.05, 0) is 67.8 Å². The molecular formula is C25H26N2O2S. The number of aryl methyl sites for hydroxylation is 2. The molecule has 0 aliphatic heterocycles. The summed E-state index contributed by atoms with van der Waals surface area (Å²) in [6.45, 7) is 6.63. The molecule has 5 heteroatoms. The van der Waals surface area contributed by atoms with Gasteiger partial charge >= 0.3 is 0 Å². The Morgan fingerprint density at radius 3 is 2.27 bits per heavy atom. The maximum absolute atomic E-state index is 13.2. The van der Waals surface area contributed by atoms with Crippen LogP contribution in [-0.2, 0) is 6.42 Å². The first kappa shape index (κ1) is 21.7. The average molecular weight is 419 g/mol. The number of rotatable bonds is 7. The molecule has 0 fully saturated rings. The first-order valence-electron chi connectivity index (χ1n) is 10.0. The monoisotopic (exact) mass is 418 g/mol. The summed E-state index contributed by atoms with van der Waals surface area (Å²) in [5.74, 6) is -0.468. The highest BCUT2D eigenvalue weighted by atomic mass is 32.2. The van der Waals surface area contributed by atoms with Crippen LogP contribution in [0.4, 0.5) is 5.69 Å². The van der Waals surface area contributed by atoms with Crippen molar-refractivity contribution in [3.05, 3.63) is 89.0 Å². The Bertz CT molecular complexity index is 1060. The third kappa shape index (κ3) is 4.57. The molecule has 0 aromatic heterocycles. The Balaban J connectivity index is 1.85. The standard InChI is InChI=1S/C25H26N2O2S/c1-4-18-10-6-7-12-22(18)27(5-2)25(29)19-13-15-20(16-14-19)30-23-17(3)9-8-11-21(23)24(26)28/h6-16H,4-5H2,1-3H3,(H2,26,28). The number of nitrogens with zero attached hydrogens (tertiary/aromatic N) is 1. The van der Waals surface area contributed by atoms with Crippen LogP contribution >= 0.6 is 11.8 Å². The van der Waals surface area contributed by atoms with E-state index in [2.05, 4.69) is 13.0 Å². The van der Waals surface area contributed by atoms with E-state index in [9.17, 15) is 9.59 Å². The van der Waals surface area contributed by atoms with Gasteiger partial charge in [0.25, 0.3) is 5.91 Å². The van der Waals surface area contributed by atoms with Gasteiger partial charge in [-0.1, -0.05) is 49.0 Å². The summed E-state index contributed by atoms with van der Waals surface area (Å²) in [4.78, 5) is 28.5. The van der Waals surface area contributed by atoms with Crippen LogP contribution in [0.3, 0.4) is 0 Å². The van der Waals surface area contributed by atoms with Crippen molar-refractivity contribution in [2.24, 2.45) is 5.73 Å². The quantitative estimate of drug-likeness (QED) is 0.553. The fourth-order valence-corrected chi connectivity index (χ4v) is 4.43.